The van der Waals surface area contributed by atoms with E-state index in [0.717, 1.165) is 17.3 Å². The third-order valence-electron chi connectivity index (χ3n) is 3.77. The number of hydrogen-bond donors (Lipinski definition) is 1. The van der Waals surface area contributed by atoms with E-state index >= 15 is 0 Å². The monoisotopic (exact) mass is 433 g/mol. The maximum Gasteiger partial charge on any atom is 0.346 e. The van der Waals surface area contributed by atoms with Gasteiger partial charge in [0.05, 0.1) is 19.2 Å². The number of halogens is 1. The van der Waals surface area contributed by atoms with Crippen LogP contribution in [-0.2, 0) is 23.8 Å². The van der Waals surface area contributed by atoms with Crippen molar-refractivity contribution in [2.24, 2.45) is 0 Å². The molecule has 30 heavy (non-hydrogen) atoms. The molecular formula is C22H24FNO5S. The van der Waals surface area contributed by atoms with Gasteiger partial charge in [-0.2, -0.15) is 0 Å². The van der Waals surface area contributed by atoms with Crippen molar-refractivity contribution in [3.05, 3.63) is 65.3 Å². The highest BCUT2D eigenvalue weighted by atomic mass is 32.2. The number of thioether (sulfide) groups is 1. The van der Waals surface area contributed by atoms with Gasteiger partial charge in [0.2, 0.25) is 0 Å². The zero-order chi connectivity index (χ0) is 21.8. The van der Waals surface area contributed by atoms with Crippen LogP contribution in [0.2, 0.25) is 0 Å². The Balaban J connectivity index is 1.86. The van der Waals surface area contributed by atoms with E-state index in [4.69, 9.17) is 14.2 Å². The zero-order valence-corrected chi connectivity index (χ0v) is 17.7. The summed E-state index contributed by atoms with van der Waals surface area (Å²) in [4.78, 5) is 23.7. The molecule has 8 heteroatoms. The lowest BCUT2D eigenvalue weighted by molar-refractivity contribution is -0.146. The number of hydrogen-bond acceptors (Lipinski definition) is 7. The van der Waals surface area contributed by atoms with Crippen LogP contribution >= 0.6 is 11.8 Å². The molecule has 2 rings (SSSR count). The van der Waals surface area contributed by atoms with E-state index in [-0.39, 0.29) is 37.3 Å². The van der Waals surface area contributed by atoms with Crippen LogP contribution in [-0.4, -0.2) is 37.8 Å². The number of nitrogens with one attached hydrogen (secondary N) is 1. The molecule has 0 saturated carbocycles. The lowest BCUT2D eigenvalue weighted by Crippen LogP contribution is -2.18. The van der Waals surface area contributed by atoms with Crippen LogP contribution in [0.15, 0.2) is 59.5 Å². The highest BCUT2D eigenvalue weighted by Crippen LogP contribution is 2.25. The van der Waals surface area contributed by atoms with Gasteiger partial charge in [0.1, 0.15) is 12.5 Å². The van der Waals surface area contributed by atoms with Crippen molar-refractivity contribution in [2.45, 2.75) is 13.8 Å². The normalized spacial score (nSPS) is 10.2. The van der Waals surface area contributed by atoms with E-state index < -0.39 is 11.9 Å². The van der Waals surface area contributed by atoms with Crippen molar-refractivity contribution in [3.8, 4) is 11.1 Å². The number of anilines is 1. The summed E-state index contributed by atoms with van der Waals surface area (Å²) in [6.45, 7) is 3.78. The second kappa shape index (κ2) is 12.7. The smallest absolute Gasteiger partial charge is 0.346 e. The van der Waals surface area contributed by atoms with E-state index in [1.807, 2.05) is 30.3 Å². The van der Waals surface area contributed by atoms with Crippen molar-refractivity contribution >= 4 is 29.4 Å². The largest absolute Gasteiger partial charge is 0.462 e. The van der Waals surface area contributed by atoms with Crippen molar-refractivity contribution in [1.82, 2.24) is 0 Å². The summed E-state index contributed by atoms with van der Waals surface area (Å²) in [6.07, 6.45) is 0. The molecule has 0 aliphatic heterocycles. The summed E-state index contributed by atoms with van der Waals surface area (Å²) in [7, 11) is 0. The Morgan fingerprint density at radius 3 is 2.33 bits per heavy atom. The second-order valence-corrected chi connectivity index (χ2v) is 6.65. The van der Waals surface area contributed by atoms with Crippen molar-refractivity contribution in [2.75, 3.05) is 31.2 Å². The fourth-order valence-corrected chi connectivity index (χ4v) is 3.02. The summed E-state index contributed by atoms with van der Waals surface area (Å²) < 4.78 is 29.3. The number of rotatable bonds is 11. The summed E-state index contributed by atoms with van der Waals surface area (Å²) >= 11 is 1.12. The first-order valence-electron chi connectivity index (χ1n) is 9.39. The molecule has 0 aliphatic rings. The zero-order valence-electron chi connectivity index (χ0n) is 16.9. The minimum Gasteiger partial charge on any atom is -0.462 e. The fraction of sp³-hybridized carbons (Fsp3) is 0.273. The first-order chi connectivity index (χ1) is 14.6. The van der Waals surface area contributed by atoms with Crippen LogP contribution < -0.4 is 5.32 Å². The van der Waals surface area contributed by atoms with Gasteiger partial charge in [-0.3, -0.25) is 0 Å². The molecule has 0 aliphatic carbocycles. The maximum atomic E-state index is 14.1. The van der Waals surface area contributed by atoms with Crippen LogP contribution in [0.5, 0.6) is 0 Å². The van der Waals surface area contributed by atoms with Gasteiger partial charge < -0.3 is 19.5 Å². The van der Waals surface area contributed by atoms with Gasteiger partial charge in [0, 0.05) is 11.3 Å². The summed E-state index contributed by atoms with van der Waals surface area (Å²) in [6, 6.07) is 14.0. The Labute approximate surface area is 179 Å². The lowest BCUT2D eigenvalue weighted by atomic mass is 10.0. The maximum absolute atomic E-state index is 14.1. The molecule has 0 heterocycles. The molecular weight excluding hydrogens is 409 g/mol. The van der Waals surface area contributed by atoms with Gasteiger partial charge in [0.25, 0.3) is 0 Å². The van der Waals surface area contributed by atoms with Crippen molar-refractivity contribution in [3.63, 3.8) is 0 Å². The first kappa shape index (κ1) is 23.4. The minimum atomic E-state index is -0.735. The van der Waals surface area contributed by atoms with Gasteiger partial charge in [0.15, 0.2) is 5.57 Å². The van der Waals surface area contributed by atoms with E-state index in [2.05, 4.69) is 5.32 Å². The van der Waals surface area contributed by atoms with Crippen LogP contribution in [0.3, 0.4) is 0 Å². The number of carbonyl (C=O) groups excluding carboxylic acids is 2. The van der Waals surface area contributed by atoms with Gasteiger partial charge in [-0.25, -0.2) is 14.0 Å². The van der Waals surface area contributed by atoms with Crippen molar-refractivity contribution < 1.29 is 28.2 Å². The predicted octanol–water partition coefficient (Wildman–Crippen LogP) is 4.58. The Bertz CT molecular complexity index is 853. The molecule has 0 spiro atoms. The lowest BCUT2D eigenvalue weighted by Gasteiger charge is -2.10. The Morgan fingerprint density at radius 2 is 1.70 bits per heavy atom. The topological polar surface area (TPSA) is 73.9 Å². The standard InChI is InChI=1S/C22H24FNO5S/c1-3-28-21(25)19(22(26)29-4-2)13-30-15-27-14-24-17-10-11-20(23)18(12-17)16-8-6-5-7-9-16/h5-13,24H,3-4,14-15H2,1-2H3. The molecule has 0 saturated heterocycles. The molecule has 1 N–H and O–H groups in total. The molecule has 0 atom stereocenters. The SMILES string of the molecule is CCOC(=O)C(=CSCOCNc1ccc(F)c(-c2ccccc2)c1)C(=O)OCC. The highest BCUT2D eigenvalue weighted by molar-refractivity contribution is 8.02. The Kier molecular flexibility index (Phi) is 9.90. The molecule has 6 nitrogen and oxygen atoms in total. The summed E-state index contributed by atoms with van der Waals surface area (Å²) in [5.41, 5.74) is 1.80. The van der Waals surface area contributed by atoms with E-state index in [1.54, 1.807) is 26.0 Å². The average Bonchev–Trinajstić information content (AvgIpc) is 2.75. The third kappa shape index (κ3) is 7.20. The number of esters is 2. The fourth-order valence-electron chi connectivity index (χ4n) is 2.41. The molecule has 0 fully saturated rings. The van der Waals surface area contributed by atoms with Gasteiger partial charge in [-0.15, -0.1) is 11.8 Å². The number of benzene rings is 2. The van der Waals surface area contributed by atoms with Gasteiger partial charge >= 0.3 is 11.9 Å². The molecule has 2 aromatic carbocycles. The third-order valence-corrected chi connectivity index (χ3v) is 4.48. The van der Waals surface area contributed by atoms with Gasteiger partial charge in [-0.1, -0.05) is 30.3 Å². The summed E-state index contributed by atoms with van der Waals surface area (Å²) in [5, 5.41) is 4.41. The molecule has 0 amide bonds. The molecule has 0 unspecified atom stereocenters. The molecule has 0 radical (unpaired) electrons. The molecule has 160 valence electrons. The Morgan fingerprint density at radius 1 is 1.03 bits per heavy atom. The van der Waals surface area contributed by atoms with E-state index in [1.165, 1.54) is 11.5 Å². The quantitative estimate of drug-likeness (QED) is 0.139. The molecule has 0 aromatic heterocycles. The van der Waals surface area contributed by atoms with E-state index in [9.17, 15) is 14.0 Å². The molecule has 2 aromatic rings. The van der Waals surface area contributed by atoms with Crippen molar-refractivity contribution in [1.29, 1.82) is 0 Å². The van der Waals surface area contributed by atoms with Gasteiger partial charge in [-0.05, 0) is 43.0 Å². The number of ether oxygens (including phenoxy) is 3. The van der Waals surface area contributed by atoms with Crippen LogP contribution in [0, 0.1) is 5.82 Å². The second-order valence-electron chi connectivity index (χ2n) is 5.84. The van der Waals surface area contributed by atoms with Crippen LogP contribution in [0.4, 0.5) is 10.1 Å². The minimum absolute atomic E-state index is 0.156. The van der Waals surface area contributed by atoms with Crippen LogP contribution in [0.25, 0.3) is 11.1 Å². The summed E-state index contributed by atoms with van der Waals surface area (Å²) in [5.74, 6) is -1.59. The molecule has 0 bridgehead atoms. The number of carbonyl (C=O) groups is 2. The predicted molar refractivity (Wildman–Crippen MR) is 115 cm³/mol. The van der Waals surface area contributed by atoms with E-state index in [0.29, 0.717) is 11.3 Å². The Hall–Kier alpha value is -2.84. The first-order valence-corrected chi connectivity index (χ1v) is 10.4. The van der Waals surface area contributed by atoms with Crippen LogP contribution in [0.1, 0.15) is 13.8 Å². The average molecular weight is 434 g/mol. The highest BCUT2D eigenvalue weighted by Gasteiger charge is 2.20.